The minimum atomic E-state index is -0.613. The van der Waals surface area contributed by atoms with Gasteiger partial charge < -0.3 is 5.32 Å². The number of rotatable bonds is 6. The Labute approximate surface area is 196 Å². The number of fused-ring (bicyclic) bond motifs is 1. The highest BCUT2D eigenvalue weighted by molar-refractivity contribution is 6.05. The fraction of sp³-hybridized carbons (Fsp3) is 0.154. The first-order chi connectivity index (χ1) is 16.4. The van der Waals surface area contributed by atoms with Crippen molar-refractivity contribution in [3.05, 3.63) is 106 Å². The number of aryl methyl sites for hydroxylation is 2. The number of nitrogens with zero attached hydrogens (tertiary/aromatic N) is 2. The Morgan fingerprint density at radius 1 is 0.882 bits per heavy atom. The van der Waals surface area contributed by atoms with Gasteiger partial charge >= 0.3 is 0 Å². The van der Waals surface area contributed by atoms with Crippen LogP contribution in [0.5, 0.6) is 0 Å². The summed E-state index contributed by atoms with van der Waals surface area (Å²) >= 11 is 0. The summed E-state index contributed by atoms with van der Waals surface area (Å²) in [5, 5.41) is 8.15. The van der Waals surface area contributed by atoms with Gasteiger partial charge in [-0.1, -0.05) is 66.2 Å². The number of carbonyl (C=O) groups excluding carboxylic acids is 2. The molecule has 0 bridgehead atoms. The highest BCUT2D eigenvalue weighted by atomic mass is 16.2. The minimum absolute atomic E-state index is 0.0220. The van der Waals surface area contributed by atoms with Crippen LogP contribution in [0.1, 0.15) is 27.2 Å². The Kier molecular flexibility index (Phi) is 6.68. The SMILES string of the molecule is Cc1ccc(NCC(=O)NNC(=O)c2nn(Cc3ccccc3)c(=O)c3ccccc23)c(C)c1. The first-order valence-electron chi connectivity index (χ1n) is 10.9. The third kappa shape index (κ3) is 5.12. The van der Waals surface area contributed by atoms with Gasteiger partial charge in [-0.15, -0.1) is 0 Å². The molecule has 4 rings (SSSR count). The van der Waals surface area contributed by atoms with Crippen molar-refractivity contribution in [3.8, 4) is 0 Å². The fourth-order valence-electron chi connectivity index (χ4n) is 3.68. The Morgan fingerprint density at radius 3 is 2.32 bits per heavy atom. The van der Waals surface area contributed by atoms with Gasteiger partial charge in [-0.3, -0.25) is 25.2 Å². The number of hydrogen-bond donors (Lipinski definition) is 3. The van der Waals surface area contributed by atoms with Crippen LogP contribution in [0.15, 0.2) is 77.6 Å². The monoisotopic (exact) mass is 455 g/mol. The first kappa shape index (κ1) is 22.7. The third-order valence-electron chi connectivity index (χ3n) is 5.39. The lowest BCUT2D eigenvalue weighted by atomic mass is 10.1. The quantitative estimate of drug-likeness (QED) is 0.388. The van der Waals surface area contributed by atoms with Gasteiger partial charge in [0.2, 0.25) is 0 Å². The van der Waals surface area contributed by atoms with E-state index in [1.807, 2.05) is 62.4 Å². The van der Waals surface area contributed by atoms with Crippen molar-refractivity contribution in [2.24, 2.45) is 0 Å². The van der Waals surface area contributed by atoms with E-state index >= 15 is 0 Å². The summed E-state index contributed by atoms with van der Waals surface area (Å²) in [6.45, 7) is 4.15. The molecule has 3 aromatic carbocycles. The second kappa shape index (κ2) is 9.99. The Morgan fingerprint density at radius 2 is 1.59 bits per heavy atom. The van der Waals surface area contributed by atoms with E-state index in [0.717, 1.165) is 22.4 Å². The predicted octanol–water partition coefficient (Wildman–Crippen LogP) is 2.93. The van der Waals surface area contributed by atoms with Gasteiger partial charge in [0.05, 0.1) is 18.5 Å². The van der Waals surface area contributed by atoms with Crippen LogP contribution in [0, 0.1) is 13.8 Å². The number of amides is 2. The maximum absolute atomic E-state index is 12.9. The second-order valence-electron chi connectivity index (χ2n) is 8.02. The maximum atomic E-state index is 12.9. The van der Waals surface area contributed by atoms with Crippen LogP contribution in [-0.2, 0) is 11.3 Å². The standard InChI is InChI=1S/C26H25N5O3/c1-17-12-13-22(18(2)14-17)27-15-23(32)28-29-25(33)24-20-10-6-7-11-21(20)26(34)31(30-24)16-19-8-4-3-5-9-19/h3-14,27H,15-16H2,1-2H3,(H,28,32)(H,29,33). The number of carbonyl (C=O) groups is 2. The largest absolute Gasteiger partial charge is 0.376 e. The van der Waals surface area contributed by atoms with E-state index in [-0.39, 0.29) is 24.3 Å². The normalized spacial score (nSPS) is 10.6. The predicted molar refractivity (Wildman–Crippen MR) is 132 cm³/mol. The molecule has 0 saturated carbocycles. The number of aromatic nitrogens is 2. The minimum Gasteiger partial charge on any atom is -0.376 e. The molecule has 2 amide bonds. The summed E-state index contributed by atoms with van der Waals surface area (Å²) in [5.41, 5.74) is 8.44. The van der Waals surface area contributed by atoms with E-state index in [0.29, 0.717) is 10.8 Å². The molecule has 8 heteroatoms. The van der Waals surface area contributed by atoms with Gasteiger partial charge in [-0.25, -0.2) is 4.68 Å². The Hall–Kier alpha value is -4.46. The molecular formula is C26H25N5O3. The van der Waals surface area contributed by atoms with Gasteiger partial charge in [0.1, 0.15) is 0 Å². The van der Waals surface area contributed by atoms with Gasteiger partial charge in [0, 0.05) is 11.1 Å². The molecule has 0 spiro atoms. The molecule has 0 aliphatic rings. The number of anilines is 1. The molecule has 0 saturated heterocycles. The summed E-state index contributed by atoms with van der Waals surface area (Å²) in [7, 11) is 0. The number of benzene rings is 3. The summed E-state index contributed by atoms with van der Waals surface area (Å²) in [6, 6.07) is 22.1. The molecule has 8 nitrogen and oxygen atoms in total. The average molecular weight is 456 g/mol. The van der Waals surface area contributed by atoms with Crippen LogP contribution in [-0.4, -0.2) is 28.1 Å². The van der Waals surface area contributed by atoms with Crippen molar-refractivity contribution in [3.63, 3.8) is 0 Å². The molecule has 172 valence electrons. The fourth-order valence-corrected chi connectivity index (χ4v) is 3.68. The molecule has 0 aliphatic carbocycles. The molecular weight excluding hydrogens is 430 g/mol. The molecule has 1 heterocycles. The van der Waals surface area contributed by atoms with Crippen molar-refractivity contribution in [1.29, 1.82) is 0 Å². The molecule has 0 radical (unpaired) electrons. The number of nitrogens with one attached hydrogen (secondary N) is 3. The van der Waals surface area contributed by atoms with E-state index in [4.69, 9.17) is 0 Å². The second-order valence-corrected chi connectivity index (χ2v) is 8.02. The van der Waals surface area contributed by atoms with Crippen LogP contribution in [0.2, 0.25) is 0 Å². The Balaban J connectivity index is 1.49. The zero-order valence-corrected chi connectivity index (χ0v) is 19.0. The van der Waals surface area contributed by atoms with Gasteiger partial charge in [-0.2, -0.15) is 5.10 Å². The topological polar surface area (TPSA) is 105 Å². The average Bonchev–Trinajstić information content (AvgIpc) is 2.84. The number of hydrogen-bond acceptors (Lipinski definition) is 5. The van der Waals surface area contributed by atoms with Crippen LogP contribution in [0.3, 0.4) is 0 Å². The Bertz CT molecular complexity index is 1410. The van der Waals surface area contributed by atoms with Crippen molar-refractivity contribution < 1.29 is 9.59 Å². The molecule has 0 fully saturated rings. The number of hydrazine groups is 1. The highest BCUT2D eigenvalue weighted by Crippen LogP contribution is 2.16. The highest BCUT2D eigenvalue weighted by Gasteiger charge is 2.17. The summed E-state index contributed by atoms with van der Waals surface area (Å²) < 4.78 is 1.26. The van der Waals surface area contributed by atoms with Crippen molar-refractivity contribution in [2.45, 2.75) is 20.4 Å². The molecule has 0 unspecified atom stereocenters. The van der Waals surface area contributed by atoms with E-state index < -0.39 is 11.8 Å². The molecule has 34 heavy (non-hydrogen) atoms. The lowest BCUT2D eigenvalue weighted by Gasteiger charge is -2.13. The summed E-state index contributed by atoms with van der Waals surface area (Å²) in [6.07, 6.45) is 0. The zero-order chi connectivity index (χ0) is 24.1. The van der Waals surface area contributed by atoms with Gasteiger partial charge in [0.25, 0.3) is 17.4 Å². The molecule has 4 aromatic rings. The zero-order valence-electron chi connectivity index (χ0n) is 19.0. The van der Waals surface area contributed by atoms with Gasteiger partial charge in [0.15, 0.2) is 5.69 Å². The van der Waals surface area contributed by atoms with Crippen LogP contribution in [0.25, 0.3) is 10.8 Å². The van der Waals surface area contributed by atoms with Crippen LogP contribution < -0.4 is 21.7 Å². The molecule has 0 atom stereocenters. The lowest BCUT2D eigenvalue weighted by Crippen LogP contribution is -2.45. The van der Waals surface area contributed by atoms with Crippen LogP contribution in [0.4, 0.5) is 5.69 Å². The van der Waals surface area contributed by atoms with Crippen molar-refractivity contribution in [2.75, 3.05) is 11.9 Å². The van der Waals surface area contributed by atoms with E-state index in [1.54, 1.807) is 24.3 Å². The van der Waals surface area contributed by atoms with E-state index in [1.165, 1.54) is 4.68 Å². The lowest BCUT2D eigenvalue weighted by molar-refractivity contribution is -0.120. The van der Waals surface area contributed by atoms with E-state index in [9.17, 15) is 14.4 Å². The van der Waals surface area contributed by atoms with Gasteiger partial charge in [-0.05, 0) is 37.1 Å². The maximum Gasteiger partial charge on any atom is 0.290 e. The summed E-state index contributed by atoms with van der Waals surface area (Å²) in [4.78, 5) is 38.1. The molecule has 3 N–H and O–H groups in total. The summed E-state index contributed by atoms with van der Waals surface area (Å²) in [5.74, 6) is -1.03. The first-order valence-corrected chi connectivity index (χ1v) is 10.9. The van der Waals surface area contributed by atoms with E-state index in [2.05, 4.69) is 21.3 Å². The van der Waals surface area contributed by atoms with Crippen molar-refractivity contribution in [1.82, 2.24) is 20.6 Å². The molecule has 1 aromatic heterocycles. The third-order valence-corrected chi connectivity index (χ3v) is 5.39. The van der Waals surface area contributed by atoms with Crippen molar-refractivity contribution >= 4 is 28.3 Å². The molecule has 0 aliphatic heterocycles. The van der Waals surface area contributed by atoms with Crippen LogP contribution >= 0.6 is 0 Å². The smallest absolute Gasteiger partial charge is 0.290 e.